The van der Waals surface area contributed by atoms with E-state index in [0.29, 0.717) is 18.7 Å². The Bertz CT molecular complexity index is 425. The maximum absolute atomic E-state index is 11.1. The van der Waals surface area contributed by atoms with Crippen molar-refractivity contribution in [3.05, 3.63) is 5.89 Å². The van der Waals surface area contributed by atoms with Crippen LogP contribution in [0.5, 0.6) is 0 Å². The number of nitrogens with two attached hydrogens (primary N) is 1. The summed E-state index contributed by atoms with van der Waals surface area (Å²) in [6, 6.07) is 0. The van der Waals surface area contributed by atoms with Gasteiger partial charge in [0.2, 0.25) is 5.89 Å². The topological polar surface area (TPSA) is 99.1 Å². The van der Waals surface area contributed by atoms with Crippen molar-refractivity contribution < 1.29 is 12.9 Å². The summed E-state index contributed by atoms with van der Waals surface area (Å²) in [7, 11) is -2.83. The zero-order chi connectivity index (χ0) is 10.2. The molecule has 1 aromatic rings. The van der Waals surface area contributed by atoms with Crippen LogP contribution in [0.4, 0.5) is 5.95 Å². The molecule has 0 spiro atoms. The van der Waals surface area contributed by atoms with Gasteiger partial charge in [-0.05, 0) is 17.5 Å². The minimum atomic E-state index is -2.83. The molecular formula is C7H11N3O3S. The van der Waals surface area contributed by atoms with E-state index in [-0.39, 0.29) is 23.4 Å². The van der Waals surface area contributed by atoms with E-state index in [1.807, 2.05) is 0 Å². The SMILES string of the molecule is Nc1noc(CC2CCS(=O)(=O)C2)n1. The van der Waals surface area contributed by atoms with Crippen molar-refractivity contribution in [3.63, 3.8) is 0 Å². The van der Waals surface area contributed by atoms with Crippen LogP contribution in [0.15, 0.2) is 4.52 Å². The minimum absolute atomic E-state index is 0.0971. The Morgan fingerprint density at radius 3 is 2.86 bits per heavy atom. The third-order valence-corrected chi connectivity index (χ3v) is 4.11. The molecular weight excluding hydrogens is 206 g/mol. The van der Waals surface area contributed by atoms with Crippen LogP contribution in [0.1, 0.15) is 12.3 Å². The number of aromatic nitrogens is 2. The summed E-state index contributed by atoms with van der Waals surface area (Å²) in [6.07, 6.45) is 1.17. The highest BCUT2D eigenvalue weighted by molar-refractivity contribution is 7.91. The molecule has 0 radical (unpaired) electrons. The third-order valence-electron chi connectivity index (χ3n) is 2.27. The summed E-state index contributed by atoms with van der Waals surface area (Å²) < 4.78 is 27.1. The van der Waals surface area contributed by atoms with Gasteiger partial charge in [-0.2, -0.15) is 4.98 Å². The summed E-state index contributed by atoms with van der Waals surface area (Å²) in [4.78, 5) is 3.83. The molecule has 0 amide bonds. The standard InChI is InChI=1S/C7H11N3O3S/c8-7-9-6(13-10-7)3-5-1-2-14(11,12)4-5/h5H,1-4H2,(H2,8,10). The van der Waals surface area contributed by atoms with Crippen molar-refractivity contribution in [2.75, 3.05) is 17.2 Å². The first kappa shape index (κ1) is 9.45. The quantitative estimate of drug-likeness (QED) is 0.725. The second-order valence-corrected chi connectivity index (χ2v) is 5.75. The largest absolute Gasteiger partial charge is 0.365 e. The number of anilines is 1. The summed E-state index contributed by atoms with van der Waals surface area (Å²) >= 11 is 0. The smallest absolute Gasteiger partial charge is 0.260 e. The summed E-state index contributed by atoms with van der Waals surface area (Å²) in [5, 5.41) is 3.44. The predicted octanol–water partition coefficient (Wildman–Crippen LogP) is -0.371. The molecule has 0 saturated carbocycles. The highest BCUT2D eigenvalue weighted by atomic mass is 32.2. The van der Waals surface area contributed by atoms with E-state index in [4.69, 9.17) is 10.3 Å². The fourth-order valence-electron chi connectivity index (χ4n) is 1.63. The maximum atomic E-state index is 11.1. The van der Waals surface area contributed by atoms with Crippen molar-refractivity contribution >= 4 is 15.8 Å². The molecule has 1 aliphatic heterocycles. The highest BCUT2D eigenvalue weighted by Gasteiger charge is 2.29. The van der Waals surface area contributed by atoms with Crippen molar-refractivity contribution in [1.82, 2.24) is 10.1 Å². The Hall–Kier alpha value is -1.11. The molecule has 1 unspecified atom stereocenters. The van der Waals surface area contributed by atoms with Crippen LogP contribution in [0.3, 0.4) is 0 Å². The normalized spacial score (nSPS) is 25.3. The lowest BCUT2D eigenvalue weighted by Gasteiger charge is -2.00. The summed E-state index contributed by atoms with van der Waals surface area (Å²) in [5.41, 5.74) is 5.27. The molecule has 1 fully saturated rings. The molecule has 2 rings (SSSR count). The molecule has 2 heterocycles. The van der Waals surface area contributed by atoms with Crippen molar-refractivity contribution in [2.45, 2.75) is 12.8 Å². The van der Waals surface area contributed by atoms with E-state index < -0.39 is 9.84 Å². The van der Waals surface area contributed by atoms with Gasteiger partial charge in [0.15, 0.2) is 9.84 Å². The van der Waals surface area contributed by atoms with Gasteiger partial charge in [0, 0.05) is 6.42 Å². The number of hydrogen-bond acceptors (Lipinski definition) is 6. The monoisotopic (exact) mass is 217 g/mol. The molecule has 2 N–H and O–H groups in total. The van der Waals surface area contributed by atoms with Crippen molar-refractivity contribution in [3.8, 4) is 0 Å². The van der Waals surface area contributed by atoms with Gasteiger partial charge < -0.3 is 10.3 Å². The third kappa shape index (κ3) is 2.03. The zero-order valence-corrected chi connectivity index (χ0v) is 8.33. The fourth-order valence-corrected chi connectivity index (χ4v) is 3.49. The summed E-state index contributed by atoms with van der Waals surface area (Å²) in [6.45, 7) is 0. The Morgan fingerprint density at radius 2 is 2.36 bits per heavy atom. The lowest BCUT2D eigenvalue weighted by molar-refractivity contribution is 0.360. The van der Waals surface area contributed by atoms with Gasteiger partial charge in [-0.25, -0.2) is 8.42 Å². The van der Waals surface area contributed by atoms with Gasteiger partial charge in [-0.15, -0.1) is 0 Å². The van der Waals surface area contributed by atoms with Gasteiger partial charge in [0.05, 0.1) is 11.5 Å². The Kier molecular flexibility index (Phi) is 2.18. The molecule has 1 aliphatic rings. The molecule has 0 bridgehead atoms. The van der Waals surface area contributed by atoms with E-state index in [0.717, 1.165) is 0 Å². The maximum Gasteiger partial charge on any atom is 0.260 e. The number of sulfone groups is 1. The molecule has 0 aliphatic carbocycles. The predicted molar refractivity (Wildman–Crippen MR) is 49.2 cm³/mol. The van der Waals surface area contributed by atoms with Gasteiger partial charge >= 0.3 is 0 Å². The Labute approximate surface area is 81.4 Å². The number of rotatable bonds is 2. The van der Waals surface area contributed by atoms with Crippen molar-refractivity contribution in [2.24, 2.45) is 5.92 Å². The van der Waals surface area contributed by atoms with E-state index >= 15 is 0 Å². The fraction of sp³-hybridized carbons (Fsp3) is 0.714. The molecule has 1 atom stereocenters. The second-order valence-electron chi connectivity index (χ2n) is 3.52. The van der Waals surface area contributed by atoms with Gasteiger partial charge in [0.1, 0.15) is 0 Å². The minimum Gasteiger partial charge on any atom is -0.365 e. The molecule has 6 nitrogen and oxygen atoms in total. The van der Waals surface area contributed by atoms with Gasteiger partial charge in [-0.3, -0.25) is 0 Å². The average molecular weight is 217 g/mol. The molecule has 7 heteroatoms. The van der Waals surface area contributed by atoms with Crippen LogP contribution >= 0.6 is 0 Å². The van der Waals surface area contributed by atoms with Crippen LogP contribution in [-0.4, -0.2) is 30.1 Å². The zero-order valence-electron chi connectivity index (χ0n) is 7.51. The first-order valence-corrected chi connectivity index (χ1v) is 6.16. The van der Waals surface area contributed by atoms with E-state index in [1.165, 1.54) is 0 Å². The average Bonchev–Trinajstić information content (AvgIpc) is 2.59. The number of hydrogen-bond donors (Lipinski definition) is 1. The second kappa shape index (κ2) is 3.23. The molecule has 1 aromatic heterocycles. The van der Waals surface area contributed by atoms with Crippen LogP contribution in [0.2, 0.25) is 0 Å². The van der Waals surface area contributed by atoms with Crippen LogP contribution < -0.4 is 5.73 Å². The lowest BCUT2D eigenvalue weighted by atomic mass is 10.1. The first-order chi connectivity index (χ1) is 6.55. The molecule has 0 aromatic carbocycles. The van der Waals surface area contributed by atoms with E-state index in [9.17, 15) is 8.42 Å². The molecule has 1 saturated heterocycles. The lowest BCUT2D eigenvalue weighted by Crippen LogP contribution is -2.07. The van der Waals surface area contributed by atoms with Crippen LogP contribution in [0.25, 0.3) is 0 Å². The highest BCUT2D eigenvalue weighted by Crippen LogP contribution is 2.21. The number of nitrogen functional groups attached to an aromatic ring is 1. The Balaban J connectivity index is 2.00. The number of nitrogens with zero attached hydrogens (tertiary/aromatic N) is 2. The van der Waals surface area contributed by atoms with Crippen molar-refractivity contribution in [1.29, 1.82) is 0 Å². The van der Waals surface area contributed by atoms with Gasteiger partial charge in [0.25, 0.3) is 5.95 Å². The van der Waals surface area contributed by atoms with E-state index in [1.54, 1.807) is 0 Å². The summed E-state index contributed by atoms with van der Waals surface area (Å²) in [5.74, 6) is 1.10. The molecule has 14 heavy (non-hydrogen) atoms. The Morgan fingerprint density at radius 1 is 1.57 bits per heavy atom. The van der Waals surface area contributed by atoms with Gasteiger partial charge in [-0.1, -0.05) is 0 Å². The molecule has 78 valence electrons. The van der Waals surface area contributed by atoms with Crippen LogP contribution in [0, 0.1) is 5.92 Å². The first-order valence-electron chi connectivity index (χ1n) is 4.34. The van der Waals surface area contributed by atoms with Crippen LogP contribution in [-0.2, 0) is 16.3 Å². The van der Waals surface area contributed by atoms with E-state index in [2.05, 4.69) is 10.1 Å².